The number of carbonyl (C=O) groups excluding carboxylic acids is 2. The third kappa shape index (κ3) is 7.39. The number of nitro benzene ring substituents is 1. The Bertz CT molecular complexity index is 1190. The second kappa shape index (κ2) is 11.9. The van der Waals surface area contributed by atoms with Gasteiger partial charge in [-0.2, -0.15) is 5.10 Å². The maximum Gasteiger partial charge on any atom is 0.343 e. The summed E-state index contributed by atoms with van der Waals surface area (Å²) >= 11 is 0. The minimum absolute atomic E-state index is 0.0731. The van der Waals surface area contributed by atoms with Crippen LogP contribution in [0.3, 0.4) is 0 Å². The average Bonchev–Trinajstić information content (AvgIpc) is 2.86. The molecule has 3 aromatic rings. The van der Waals surface area contributed by atoms with Gasteiger partial charge in [-0.05, 0) is 80.1 Å². The van der Waals surface area contributed by atoms with Crippen LogP contribution in [0.25, 0.3) is 0 Å². The molecule has 1 amide bonds. The molecule has 1 atom stereocenters. The number of carbonyl (C=O) groups is 2. The van der Waals surface area contributed by atoms with Crippen molar-refractivity contribution < 1.29 is 28.7 Å². The molecule has 0 spiro atoms. The summed E-state index contributed by atoms with van der Waals surface area (Å²) in [7, 11) is 0. The van der Waals surface area contributed by atoms with E-state index in [4.69, 9.17) is 14.2 Å². The smallest absolute Gasteiger partial charge is 0.343 e. The predicted molar refractivity (Wildman–Crippen MR) is 128 cm³/mol. The van der Waals surface area contributed by atoms with Crippen molar-refractivity contribution in [3.63, 3.8) is 0 Å². The maximum absolute atomic E-state index is 12.3. The molecule has 0 bridgehead atoms. The van der Waals surface area contributed by atoms with Crippen LogP contribution in [0, 0.1) is 10.1 Å². The summed E-state index contributed by atoms with van der Waals surface area (Å²) < 4.78 is 16.2. The molecule has 0 aliphatic carbocycles. The van der Waals surface area contributed by atoms with Crippen LogP contribution in [-0.2, 0) is 4.79 Å². The normalized spacial score (nSPS) is 11.5. The number of nitro groups is 1. The highest BCUT2D eigenvalue weighted by Crippen LogP contribution is 2.19. The number of ether oxygens (including phenoxy) is 3. The fourth-order valence-corrected chi connectivity index (χ4v) is 2.81. The number of benzene rings is 3. The number of non-ortho nitro benzene ring substituents is 1. The number of nitrogens with zero attached hydrogens (tertiary/aromatic N) is 2. The van der Waals surface area contributed by atoms with E-state index in [0.717, 1.165) is 0 Å². The van der Waals surface area contributed by atoms with Gasteiger partial charge in [-0.3, -0.25) is 14.9 Å². The Labute approximate surface area is 201 Å². The highest BCUT2D eigenvalue weighted by atomic mass is 16.6. The van der Waals surface area contributed by atoms with Crippen LogP contribution in [-0.4, -0.2) is 35.7 Å². The Kier molecular flexibility index (Phi) is 8.49. The second-order valence-electron chi connectivity index (χ2n) is 7.16. The molecule has 180 valence electrons. The van der Waals surface area contributed by atoms with Gasteiger partial charge in [0.05, 0.1) is 23.3 Å². The summed E-state index contributed by atoms with van der Waals surface area (Å²) in [4.78, 5) is 34.6. The Morgan fingerprint density at radius 3 is 2.17 bits per heavy atom. The lowest BCUT2D eigenvalue weighted by molar-refractivity contribution is -0.384. The van der Waals surface area contributed by atoms with Crippen LogP contribution < -0.4 is 19.6 Å². The molecule has 1 N–H and O–H groups in total. The molecule has 0 fully saturated rings. The molecule has 1 unspecified atom stereocenters. The quantitative estimate of drug-likeness (QED) is 0.153. The van der Waals surface area contributed by atoms with Crippen molar-refractivity contribution in [1.29, 1.82) is 0 Å². The van der Waals surface area contributed by atoms with E-state index in [1.807, 2.05) is 6.92 Å². The van der Waals surface area contributed by atoms with Crippen LogP contribution in [0.1, 0.15) is 29.8 Å². The van der Waals surface area contributed by atoms with Gasteiger partial charge in [0, 0.05) is 12.1 Å². The summed E-state index contributed by atoms with van der Waals surface area (Å²) in [6.07, 6.45) is 0.548. The van der Waals surface area contributed by atoms with E-state index < -0.39 is 22.9 Å². The molecule has 0 radical (unpaired) electrons. The van der Waals surface area contributed by atoms with Gasteiger partial charge < -0.3 is 14.2 Å². The lowest BCUT2D eigenvalue weighted by Crippen LogP contribution is -2.33. The summed E-state index contributed by atoms with van der Waals surface area (Å²) in [6.45, 7) is 3.95. The first-order valence-electron chi connectivity index (χ1n) is 10.6. The van der Waals surface area contributed by atoms with Crippen molar-refractivity contribution in [2.75, 3.05) is 6.61 Å². The molecule has 0 saturated carbocycles. The van der Waals surface area contributed by atoms with Crippen molar-refractivity contribution in [3.05, 3.63) is 94.0 Å². The van der Waals surface area contributed by atoms with Crippen LogP contribution in [0.5, 0.6) is 17.2 Å². The highest BCUT2D eigenvalue weighted by molar-refractivity contribution is 5.91. The maximum atomic E-state index is 12.3. The monoisotopic (exact) mass is 477 g/mol. The van der Waals surface area contributed by atoms with E-state index in [2.05, 4.69) is 10.5 Å². The van der Waals surface area contributed by atoms with E-state index in [-0.39, 0.29) is 5.69 Å². The van der Waals surface area contributed by atoms with Crippen molar-refractivity contribution >= 4 is 23.8 Å². The second-order valence-corrected chi connectivity index (χ2v) is 7.16. The van der Waals surface area contributed by atoms with Crippen molar-refractivity contribution in [3.8, 4) is 17.2 Å². The highest BCUT2D eigenvalue weighted by Gasteiger charge is 2.15. The number of hydrazone groups is 1. The van der Waals surface area contributed by atoms with Gasteiger partial charge in [-0.1, -0.05) is 0 Å². The fraction of sp³-hybridized carbons (Fsp3) is 0.160. The Morgan fingerprint density at radius 2 is 1.57 bits per heavy atom. The third-order valence-electron chi connectivity index (χ3n) is 4.61. The Balaban J connectivity index is 1.48. The first kappa shape index (κ1) is 24.9. The number of rotatable bonds is 10. The van der Waals surface area contributed by atoms with Gasteiger partial charge in [0.2, 0.25) is 0 Å². The first-order chi connectivity index (χ1) is 16.9. The molecule has 10 heteroatoms. The van der Waals surface area contributed by atoms with E-state index in [1.54, 1.807) is 48.5 Å². The summed E-state index contributed by atoms with van der Waals surface area (Å²) in [6, 6.07) is 18.6. The standard InChI is InChI=1S/C25H23N3O7/c1-3-33-21-12-6-19(7-13-21)25(30)35-23-10-4-18(5-11-23)16-26-27-24(29)17(2)34-22-14-8-20(9-15-22)28(31)32/h4-17H,3H2,1-2H3,(H,27,29)/b26-16+. The van der Waals surface area contributed by atoms with Gasteiger partial charge in [0.1, 0.15) is 17.2 Å². The van der Waals surface area contributed by atoms with Crippen molar-refractivity contribution in [2.45, 2.75) is 20.0 Å². The molecule has 3 rings (SSSR count). The minimum Gasteiger partial charge on any atom is -0.494 e. The number of nitrogens with one attached hydrogen (secondary N) is 1. The Hall–Kier alpha value is -4.73. The molecule has 0 saturated heterocycles. The fourth-order valence-electron chi connectivity index (χ4n) is 2.81. The van der Waals surface area contributed by atoms with Crippen LogP contribution in [0.15, 0.2) is 77.9 Å². The largest absolute Gasteiger partial charge is 0.494 e. The van der Waals surface area contributed by atoms with Crippen LogP contribution in [0.2, 0.25) is 0 Å². The molecule has 10 nitrogen and oxygen atoms in total. The number of hydrogen-bond donors (Lipinski definition) is 1. The molecule has 35 heavy (non-hydrogen) atoms. The molecule has 0 heterocycles. The average molecular weight is 477 g/mol. The van der Waals surface area contributed by atoms with Crippen LogP contribution >= 0.6 is 0 Å². The summed E-state index contributed by atoms with van der Waals surface area (Å²) in [5.41, 5.74) is 3.35. The first-order valence-corrected chi connectivity index (χ1v) is 10.6. The lowest BCUT2D eigenvalue weighted by atomic mass is 10.2. The molecular weight excluding hydrogens is 454 g/mol. The predicted octanol–water partition coefficient (Wildman–Crippen LogP) is 4.13. The van der Waals surface area contributed by atoms with Crippen molar-refractivity contribution in [1.82, 2.24) is 5.43 Å². The zero-order valence-corrected chi connectivity index (χ0v) is 19.0. The number of esters is 1. The molecule has 0 aliphatic rings. The molecule has 0 aromatic heterocycles. The third-order valence-corrected chi connectivity index (χ3v) is 4.61. The number of hydrogen-bond acceptors (Lipinski definition) is 8. The molecule has 0 aliphatic heterocycles. The Morgan fingerprint density at radius 1 is 0.971 bits per heavy atom. The van der Waals surface area contributed by atoms with Gasteiger partial charge in [0.15, 0.2) is 6.10 Å². The zero-order chi connectivity index (χ0) is 25.2. The zero-order valence-electron chi connectivity index (χ0n) is 19.0. The minimum atomic E-state index is -0.877. The van der Waals surface area contributed by atoms with Gasteiger partial charge >= 0.3 is 5.97 Å². The number of amides is 1. The summed E-state index contributed by atoms with van der Waals surface area (Å²) in [5.74, 6) is 0.351. The van der Waals surface area contributed by atoms with Gasteiger partial charge in [-0.15, -0.1) is 0 Å². The van der Waals surface area contributed by atoms with Crippen LogP contribution in [0.4, 0.5) is 5.69 Å². The van der Waals surface area contributed by atoms with E-state index in [1.165, 1.54) is 37.4 Å². The SMILES string of the molecule is CCOc1ccc(C(=O)Oc2ccc(/C=N/NC(=O)C(C)Oc3ccc([N+](=O)[O-])cc3)cc2)cc1. The molecule has 3 aromatic carbocycles. The van der Waals surface area contributed by atoms with E-state index >= 15 is 0 Å². The molecular formula is C25H23N3O7. The van der Waals surface area contributed by atoms with Gasteiger partial charge in [0.25, 0.3) is 11.6 Å². The summed E-state index contributed by atoms with van der Waals surface area (Å²) in [5, 5.41) is 14.6. The van der Waals surface area contributed by atoms with Gasteiger partial charge in [-0.25, -0.2) is 10.2 Å². The van der Waals surface area contributed by atoms with E-state index in [9.17, 15) is 19.7 Å². The topological polar surface area (TPSA) is 129 Å². The van der Waals surface area contributed by atoms with E-state index in [0.29, 0.717) is 35.0 Å². The lowest BCUT2D eigenvalue weighted by Gasteiger charge is -2.12. The van der Waals surface area contributed by atoms with Crippen molar-refractivity contribution in [2.24, 2.45) is 5.10 Å².